The van der Waals surface area contributed by atoms with Gasteiger partial charge in [-0.2, -0.15) is 0 Å². The van der Waals surface area contributed by atoms with Crippen molar-refractivity contribution in [3.63, 3.8) is 0 Å². The number of hydrogen-bond donors (Lipinski definition) is 1. The summed E-state index contributed by atoms with van der Waals surface area (Å²) in [5.41, 5.74) is 6.55. The molecule has 0 aromatic carbocycles. The number of likely N-dealkylation sites (tertiary alicyclic amines) is 1. The minimum Gasteiger partial charge on any atom is -0.327 e. The molecular weight excluding hydrogens is 172 g/mol. The van der Waals surface area contributed by atoms with Gasteiger partial charge in [-0.1, -0.05) is 6.42 Å². The molecule has 2 atom stereocenters. The molecule has 2 heteroatoms. The minimum absolute atomic E-state index is 0.433. The summed E-state index contributed by atoms with van der Waals surface area (Å²) < 4.78 is 0. The Morgan fingerprint density at radius 1 is 1.29 bits per heavy atom. The summed E-state index contributed by atoms with van der Waals surface area (Å²) in [4.78, 5) is 2.66. The fraction of sp³-hybridized carbons (Fsp3) is 1.00. The van der Waals surface area contributed by atoms with Crippen molar-refractivity contribution in [3.05, 3.63) is 0 Å². The summed E-state index contributed by atoms with van der Waals surface area (Å²) in [6.07, 6.45) is 6.68. The van der Waals surface area contributed by atoms with Crippen LogP contribution in [0.25, 0.3) is 0 Å². The van der Waals surface area contributed by atoms with Crippen molar-refractivity contribution in [2.45, 2.75) is 57.5 Å². The van der Waals surface area contributed by atoms with E-state index in [0.717, 1.165) is 5.92 Å². The van der Waals surface area contributed by atoms with E-state index in [-0.39, 0.29) is 0 Å². The number of nitrogens with two attached hydrogens (primary N) is 1. The summed E-state index contributed by atoms with van der Waals surface area (Å²) in [7, 11) is 0. The van der Waals surface area contributed by atoms with Crippen LogP contribution in [0.1, 0.15) is 46.0 Å². The monoisotopic (exact) mass is 196 g/mol. The van der Waals surface area contributed by atoms with Gasteiger partial charge in [-0.25, -0.2) is 0 Å². The van der Waals surface area contributed by atoms with E-state index in [1.165, 1.54) is 45.2 Å². The van der Waals surface area contributed by atoms with Crippen LogP contribution in [-0.2, 0) is 0 Å². The van der Waals surface area contributed by atoms with E-state index in [0.29, 0.717) is 11.6 Å². The lowest BCUT2D eigenvalue weighted by Gasteiger charge is -2.34. The topological polar surface area (TPSA) is 29.3 Å². The zero-order chi connectivity index (χ0) is 10.2. The Bertz CT molecular complexity index is 200. The molecule has 0 bridgehead atoms. The normalized spacial score (nSPS) is 37.9. The van der Waals surface area contributed by atoms with Crippen molar-refractivity contribution >= 4 is 0 Å². The average molecular weight is 196 g/mol. The quantitative estimate of drug-likeness (QED) is 0.732. The number of rotatable bonds is 2. The molecule has 2 nitrogen and oxygen atoms in total. The highest BCUT2D eigenvalue weighted by Gasteiger charge is 2.35. The van der Waals surface area contributed by atoms with Crippen LogP contribution in [0.3, 0.4) is 0 Å². The van der Waals surface area contributed by atoms with Crippen LogP contribution in [0.15, 0.2) is 0 Å². The standard InChI is InChI=1S/C12H24N2/c1-12(2)7-4-8-14(12)9-10-5-3-6-11(10)13/h10-11H,3-9,13H2,1-2H3. The van der Waals surface area contributed by atoms with Gasteiger partial charge in [-0.05, 0) is 52.0 Å². The maximum atomic E-state index is 6.12. The van der Waals surface area contributed by atoms with Crippen LogP contribution in [0.5, 0.6) is 0 Å². The van der Waals surface area contributed by atoms with Gasteiger partial charge in [-0.15, -0.1) is 0 Å². The molecule has 1 aliphatic carbocycles. The first-order valence-corrected chi connectivity index (χ1v) is 6.10. The Morgan fingerprint density at radius 2 is 2.07 bits per heavy atom. The van der Waals surface area contributed by atoms with E-state index >= 15 is 0 Å². The second-order valence-corrected chi connectivity index (χ2v) is 5.72. The fourth-order valence-corrected chi connectivity index (χ4v) is 3.08. The van der Waals surface area contributed by atoms with Crippen molar-refractivity contribution in [1.29, 1.82) is 0 Å². The largest absolute Gasteiger partial charge is 0.327 e. The smallest absolute Gasteiger partial charge is 0.0153 e. The molecule has 0 aromatic rings. The third-order valence-corrected chi connectivity index (χ3v) is 4.25. The van der Waals surface area contributed by atoms with Gasteiger partial charge in [-0.3, -0.25) is 4.90 Å². The summed E-state index contributed by atoms with van der Waals surface area (Å²) in [6, 6.07) is 0.478. The summed E-state index contributed by atoms with van der Waals surface area (Å²) >= 11 is 0. The first-order valence-electron chi connectivity index (χ1n) is 6.10. The van der Waals surface area contributed by atoms with Gasteiger partial charge in [0.1, 0.15) is 0 Å². The molecule has 2 aliphatic rings. The SMILES string of the molecule is CC1(C)CCCN1CC1CCCC1N. The molecule has 0 spiro atoms. The van der Waals surface area contributed by atoms with Gasteiger partial charge in [0.25, 0.3) is 0 Å². The van der Waals surface area contributed by atoms with Crippen LogP contribution in [0.4, 0.5) is 0 Å². The summed E-state index contributed by atoms with van der Waals surface area (Å²) in [5, 5.41) is 0. The first-order chi connectivity index (χ1) is 6.59. The molecule has 2 N–H and O–H groups in total. The second kappa shape index (κ2) is 3.82. The number of nitrogens with zero attached hydrogens (tertiary/aromatic N) is 1. The Labute approximate surface area is 87.8 Å². The van der Waals surface area contributed by atoms with Crippen LogP contribution >= 0.6 is 0 Å². The lowest BCUT2D eigenvalue weighted by molar-refractivity contribution is 0.144. The van der Waals surface area contributed by atoms with Gasteiger partial charge < -0.3 is 5.73 Å². The predicted octanol–water partition coefficient (Wildman–Crippen LogP) is 1.99. The van der Waals surface area contributed by atoms with Gasteiger partial charge >= 0.3 is 0 Å². The maximum absolute atomic E-state index is 6.12. The molecule has 0 radical (unpaired) electrons. The van der Waals surface area contributed by atoms with Crippen molar-refractivity contribution in [1.82, 2.24) is 4.90 Å². The van der Waals surface area contributed by atoms with Gasteiger partial charge in [0.05, 0.1) is 0 Å². The molecule has 1 aliphatic heterocycles. The van der Waals surface area contributed by atoms with Crippen molar-refractivity contribution in [3.8, 4) is 0 Å². The summed E-state index contributed by atoms with van der Waals surface area (Å²) in [5.74, 6) is 0.771. The number of hydrogen-bond acceptors (Lipinski definition) is 2. The van der Waals surface area contributed by atoms with E-state index in [4.69, 9.17) is 5.73 Å². The molecule has 2 unspecified atom stereocenters. The Kier molecular flexibility index (Phi) is 2.85. The molecule has 82 valence electrons. The highest BCUT2D eigenvalue weighted by Crippen LogP contribution is 2.32. The maximum Gasteiger partial charge on any atom is 0.0153 e. The average Bonchev–Trinajstić information content (AvgIpc) is 2.62. The van der Waals surface area contributed by atoms with E-state index < -0.39 is 0 Å². The van der Waals surface area contributed by atoms with Crippen LogP contribution in [0, 0.1) is 5.92 Å². The van der Waals surface area contributed by atoms with Crippen molar-refractivity contribution < 1.29 is 0 Å². The first kappa shape index (κ1) is 10.4. The van der Waals surface area contributed by atoms with E-state index in [9.17, 15) is 0 Å². The molecule has 1 saturated heterocycles. The molecule has 0 amide bonds. The Balaban J connectivity index is 1.90. The Hall–Kier alpha value is -0.0800. The van der Waals surface area contributed by atoms with E-state index in [1.807, 2.05) is 0 Å². The predicted molar refractivity (Wildman–Crippen MR) is 60.2 cm³/mol. The molecule has 0 aromatic heterocycles. The second-order valence-electron chi connectivity index (χ2n) is 5.72. The van der Waals surface area contributed by atoms with Gasteiger partial charge in [0.15, 0.2) is 0 Å². The summed E-state index contributed by atoms with van der Waals surface area (Å²) in [6.45, 7) is 7.28. The zero-order valence-electron chi connectivity index (χ0n) is 9.63. The molecule has 2 rings (SSSR count). The molecule has 2 fully saturated rings. The van der Waals surface area contributed by atoms with Crippen LogP contribution in [-0.4, -0.2) is 29.6 Å². The highest BCUT2D eigenvalue weighted by atomic mass is 15.2. The molecular formula is C12H24N2. The van der Waals surface area contributed by atoms with E-state index in [2.05, 4.69) is 18.7 Å². The lowest BCUT2D eigenvalue weighted by atomic mass is 9.98. The lowest BCUT2D eigenvalue weighted by Crippen LogP contribution is -2.43. The van der Waals surface area contributed by atoms with Crippen LogP contribution in [0.2, 0.25) is 0 Å². The zero-order valence-corrected chi connectivity index (χ0v) is 9.63. The fourth-order valence-electron chi connectivity index (χ4n) is 3.08. The molecule has 1 heterocycles. The molecule has 1 saturated carbocycles. The van der Waals surface area contributed by atoms with Crippen molar-refractivity contribution in [2.24, 2.45) is 11.7 Å². The molecule has 14 heavy (non-hydrogen) atoms. The minimum atomic E-state index is 0.433. The highest BCUT2D eigenvalue weighted by molar-refractivity contribution is 4.91. The third-order valence-electron chi connectivity index (χ3n) is 4.25. The van der Waals surface area contributed by atoms with Gasteiger partial charge in [0.2, 0.25) is 0 Å². The Morgan fingerprint density at radius 3 is 2.57 bits per heavy atom. The van der Waals surface area contributed by atoms with Crippen molar-refractivity contribution in [2.75, 3.05) is 13.1 Å². The van der Waals surface area contributed by atoms with Gasteiger partial charge in [0, 0.05) is 18.1 Å². The van der Waals surface area contributed by atoms with Crippen LogP contribution < -0.4 is 5.73 Å². The van der Waals surface area contributed by atoms with E-state index in [1.54, 1.807) is 0 Å². The third kappa shape index (κ3) is 1.96.